The number of aryl methyl sites for hydroxylation is 3. The van der Waals surface area contributed by atoms with Gasteiger partial charge in [0.15, 0.2) is 0 Å². The van der Waals surface area contributed by atoms with Crippen molar-refractivity contribution in [2.45, 2.75) is 39.0 Å². The van der Waals surface area contributed by atoms with Gasteiger partial charge in [0.2, 0.25) is 17.7 Å². The zero-order valence-corrected chi connectivity index (χ0v) is 25.3. The molecule has 4 aromatic carbocycles. The van der Waals surface area contributed by atoms with Crippen molar-refractivity contribution in [3.05, 3.63) is 124 Å². The van der Waals surface area contributed by atoms with Gasteiger partial charge in [0.05, 0.1) is 23.4 Å². The lowest BCUT2D eigenvalue weighted by atomic mass is 9.55. The molecule has 3 atom stereocenters. The fraction of sp³-hybridized carbons (Fsp3) is 0.263. The van der Waals surface area contributed by atoms with E-state index in [1.807, 2.05) is 63.2 Å². The van der Waals surface area contributed by atoms with Gasteiger partial charge in [-0.2, -0.15) is 0 Å². The number of imide groups is 1. The molecule has 45 heavy (non-hydrogen) atoms. The molecule has 0 radical (unpaired) electrons. The third-order valence-corrected chi connectivity index (χ3v) is 10.2. The molecule has 3 amide bonds. The molecule has 2 aliphatic heterocycles. The summed E-state index contributed by atoms with van der Waals surface area (Å²) in [5.41, 5.74) is 8.58. The number of esters is 1. The maximum atomic E-state index is 14.2. The molecule has 0 unspecified atom stereocenters. The highest BCUT2D eigenvalue weighted by atomic mass is 16.5. The van der Waals surface area contributed by atoms with Crippen LogP contribution in [0, 0.1) is 38.5 Å². The van der Waals surface area contributed by atoms with E-state index in [0.29, 0.717) is 17.0 Å². The van der Waals surface area contributed by atoms with Crippen LogP contribution in [0.3, 0.4) is 0 Å². The van der Waals surface area contributed by atoms with E-state index < -0.39 is 23.7 Å². The van der Waals surface area contributed by atoms with Gasteiger partial charge >= 0.3 is 5.97 Å². The van der Waals surface area contributed by atoms with Crippen LogP contribution in [0.1, 0.15) is 57.2 Å². The SMILES string of the molecule is Cc1ccc(N2C[C@@H](C(=O)Oc3ccc(N4C(=O)[C@@H]5C6c7ccccc7C(c7ccccc76)[C@@H]5C4=O)c(C)c3)CC2=O)c(C)c1. The summed E-state index contributed by atoms with van der Waals surface area (Å²) >= 11 is 0. The van der Waals surface area contributed by atoms with Crippen LogP contribution in [0.15, 0.2) is 84.9 Å². The van der Waals surface area contributed by atoms with Crippen molar-refractivity contribution in [3.8, 4) is 5.75 Å². The Kier molecular flexibility index (Phi) is 6.11. The summed E-state index contributed by atoms with van der Waals surface area (Å²) in [7, 11) is 0. The molecule has 9 rings (SSSR count). The first-order valence-electron chi connectivity index (χ1n) is 15.5. The molecule has 2 heterocycles. The Bertz CT molecular complexity index is 1850. The molecular formula is C38H32N2O5. The average molecular weight is 597 g/mol. The van der Waals surface area contributed by atoms with E-state index in [-0.39, 0.29) is 42.5 Å². The van der Waals surface area contributed by atoms with Gasteiger partial charge in [0.25, 0.3) is 0 Å². The second-order valence-electron chi connectivity index (χ2n) is 12.8. The van der Waals surface area contributed by atoms with Crippen molar-refractivity contribution in [2.24, 2.45) is 17.8 Å². The first kappa shape index (κ1) is 27.5. The smallest absolute Gasteiger partial charge is 0.316 e. The number of hydrogen-bond donors (Lipinski definition) is 0. The zero-order valence-electron chi connectivity index (χ0n) is 25.3. The van der Waals surface area contributed by atoms with Gasteiger partial charge in [0.1, 0.15) is 5.75 Å². The molecule has 3 aliphatic carbocycles. The fourth-order valence-electron chi connectivity index (χ4n) is 8.26. The lowest BCUT2D eigenvalue weighted by molar-refractivity contribution is -0.139. The van der Waals surface area contributed by atoms with Gasteiger partial charge in [-0.05, 0) is 78.4 Å². The summed E-state index contributed by atoms with van der Waals surface area (Å²) in [4.78, 5) is 57.3. The van der Waals surface area contributed by atoms with E-state index in [2.05, 4.69) is 24.3 Å². The Morgan fingerprint density at radius 3 is 1.76 bits per heavy atom. The number of nitrogens with zero attached hydrogens (tertiary/aromatic N) is 2. The van der Waals surface area contributed by atoms with E-state index in [4.69, 9.17) is 4.74 Å². The van der Waals surface area contributed by atoms with Crippen molar-refractivity contribution >= 4 is 35.1 Å². The van der Waals surface area contributed by atoms with Crippen LogP contribution in [0.25, 0.3) is 0 Å². The quantitative estimate of drug-likeness (QED) is 0.165. The normalized spacial score (nSPS) is 24.5. The van der Waals surface area contributed by atoms with E-state index in [1.165, 1.54) is 4.90 Å². The Hall–Kier alpha value is -5.04. The number of amides is 3. The molecule has 0 N–H and O–H groups in total. The molecule has 224 valence electrons. The molecule has 2 fully saturated rings. The number of ether oxygens (including phenoxy) is 1. The predicted molar refractivity (Wildman–Crippen MR) is 169 cm³/mol. The van der Waals surface area contributed by atoms with Gasteiger partial charge in [-0.3, -0.25) is 19.2 Å². The van der Waals surface area contributed by atoms with Gasteiger partial charge in [-0.15, -0.1) is 0 Å². The molecule has 0 saturated carbocycles. The second kappa shape index (κ2) is 9.99. The van der Waals surface area contributed by atoms with Crippen molar-refractivity contribution in [1.82, 2.24) is 0 Å². The molecule has 4 aromatic rings. The number of rotatable bonds is 4. The summed E-state index contributed by atoms with van der Waals surface area (Å²) in [5.74, 6) is -2.53. The monoisotopic (exact) mass is 596 g/mol. The van der Waals surface area contributed by atoms with Gasteiger partial charge in [0, 0.05) is 30.5 Å². The van der Waals surface area contributed by atoms with Crippen molar-refractivity contribution in [2.75, 3.05) is 16.3 Å². The Labute approximate surface area is 261 Å². The van der Waals surface area contributed by atoms with Crippen LogP contribution in [0.5, 0.6) is 5.75 Å². The Balaban J connectivity index is 1.04. The summed E-state index contributed by atoms with van der Waals surface area (Å²) in [6, 6.07) is 27.3. The molecule has 0 spiro atoms. The maximum absolute atomic E-state index is 14.2. The molecule has 0 aromatic heterocycles. The van der Waals surface area contributed by atoms with Crippen LogP contribution in [-0.4, -0.2) is 30.2 Å². The number of carbonyl (C=O) groups excluding carboxylic acids is 4. The number of benzene rings is 4. The predicted octanol–water partition coefficient (Wildman–Crippen LogP) is 5.97. The summed E-state index contributed by atoms with van der Waals surface area (Å²) in [6.45, 7) is 6.03. The van der Waals surface area contributed by atoms with Gasteiger partial charge in [-0.1, -0.05) is 66.2 Å². The largest absolute Gasteiger partial charge is 0.426 e. The van der Waals surface area contributed by atoms with Crippen molar-refractivity contribution in [1.29, 1.82) is 0 Å². The highest BCUT2D eigenvalue weighted by Gasteiger charge is 2.61. The summed E-state index contributed by atoms with van der Waals surface area (Å²) in [5, 5.41) is 0. The lowest BCUT2D eigenvalue weighted by Gasteiger charge is -2.45. The maximum Gasteiger partial charge on any atom is 0.316 e. The van der Waals surface area contributed by atoms with Crippen LogP contribution in [-0.2, 0) is 19.2 Å². The van der Waals surface area contributed by atoms with E-state index >= 15 is 0 Å². The number of anilines is 2. The summed E-state index contributed by atoms with van der Waals surface area (Å²) < 4.78 is 5.75. The average Bonchev–Trinajstić information content (AvgIpc) is 3.54. The molecule has 2 saturated heterocycles. The first-order chi connectivity index (χ1) is 21.7. The van der Waals surface area contributed by atoms with Gasteiger partial charge < -0.3 is 9.64 Å². The van der Waals surface area contributed by atoms with Crippen LogP contribution >= 0.6 is 0 Å². The topological polar surface area (TPSA) is 84.0 Å². The van der Waals surface area contributed by atoms with Crippen molar-refractivity contribution < 1.29 is 23.9 Å². The Morgan fingerprint density at radius 2 is 1.22 bits per heavy atom. The molecule has 5 aliphatic rings. The van der Waals surface area contributed by atoms with Gasteiger partial charge in [-0.25, -0.2) is 4.90 Å². The fourth-order valence-corrected chi connectivity index (χ4v) is 8.26. The van der Waals surface area contributed by atoms with Crippen LogP contribution < -0.4 is 14.5 Å². The zero-order chi connectivity index (χ0) is 31.1. The van der Waals surface area contributed by atoms with Crippen LogP contribution in [0.2, 0.25) is 0 Å². The minimum Gasteiger partial charge on any atom is -0.426 e. The van der Waals surface area contributed by atoms with E-state index in [1.54, 1.807) is 23.1 Å². The standard InChI is InChI=1S/C38H32N2O5/c1-20-12-14-29(21(2)16-20)39-19-23(18-31(39)41)38(44)45-24-13-15-30(22(3)17-24)40-36(42)34-32-25-8-4-5-9-26(25)33(35(34)37(40)43)28-11-7-6-10-27(28)32/h4-17,23,32-35H,18-19H2,1-3H3/t23-,32?,33?,34-,35+/m0/s1. The third kappa shape index (κ3) is 4.03. The van der Waals surface area contributed by atoms with Crippen LogP contribution in [0.4, 0.5) is 11.4 Å². The Morgan fingerprint density at radius 1 is 0.689 bits per heavy atom. The highest BCUT2D eigenvalue weighted by Crippen LogP contribution is 2.61. The minimum absolute atomic E-state index is 0.0793. The van der Waals surface area contributed by atoms with Crippen molar-refractivity contribution in [3.63, 3.8) is 0 Å². The second-order valence-corrected chi connectivity index (χ2v) is 12.8. The molecule has 2 bridgehead atoms. The minimum atomic E-state index is -0.596. The molecular weight excluding hydrogens is 564 g/mol. The highest BCUT2D eigenvalue weighted by molar-refractivity contribution is 6.23. The molecule has 7 heteroatoms. The number of hydrogen-bond acceptors (Lipinski definition) is 5. The van der Waals surface area contributed by atoms with E-state index in [0.717, 1.165) is 39.1 Å². The lowest BCUT2D eigenvalue weighted by Crippen LogP contribution is -2.41. The molecule has 7 nitrogen and oxygen atoms in total. The first-order valence-corrected chi connectivity index (χ1v) is 15.5. The third-order valence-electron chi connectivity index (χ3n) is 10.2. The summed E-state index contributed by atoms with van der Waals surface area (Å²) in [6.07, 6.45) is 0.0793. The number of carbonyl (C=O) groups is 4. The van der Waals surface area contributed by atoms with E-state index in [9.17, 15) is 19.2 Å².